The van der Waals surface area contributed by atoms with Crippen LogP contribution in [0.4, 0.5) is 0 Å². The van der Waals surface area contributed by atoms with Crippen molar-refractivity contribution in [2.45, 2.75) is 19.4 Å². The highest BCUT2D eigenvalue weighted by Gasteiger charge is 2.20. The van der Waals surface area contributed by atoms with Gasteiger partial charge in [0.05, 0.1) is 5.69 Å². The van der Waals surface area contributed by atoms with Crippen molar-refractivity contribution in [3.63, 3.8) is 0 Å². The van der Waals surface area contributed by atoms with Crippen LogP contribution in [-0.2, 0) is 10.3 Å². The third-order valence-corrected chi connectivity index (χ3v) is 1.66. The first-order valence-corrected chi connectivity index (χ1v) is 3.41. The Kier molecular flexibility index (Phi) is 2.19. The van der Waals surface area contributed by atoms with Crippen LogP contribution in [-0.4, -0.2) is 17.1 Å². The van der Waals surface area contributed by atoms with E-state index >= 15 is 0 Å². The molecule has 1 heterocycles. The molecule has 0 unspecified atom stereocenters. The molecular weight excluding hydrogens is 140 g/mol. The number of ether oxygens (including phenoxy) is 1. The molecule has 3 heteroatoms. The Labute approximate surface area is 66.4 Å². The van der Waals surface area contributed by atoms with E-state index < -0.39 is 0 Å². The van der Waals surface area contributed by atoms with Gasteiger partial charge >= 0.3 is 0 Å². The molecule has 0 aliphatic rings. The van der Waals surface area contributed by atoms with E-state index in [1.807, 2.05) is 19.9 Å². The van der Waals surface area contributed by atoms with E-state index in [9.17, 15) is 0 Å². The third kappa shape index (κ3) is 1.74. The molecule has 0 saturated carbocycles. The van der Waals surface area contributed by atoms with Gasteiger partial charge < -0.3 is 4.74 Å². The Balaban J connectivity index is 2.93. The Hall–Kier alpha value is -0.960. The molecule has 59 valence electrons. The average Bonchev–Trinajstić information content (AvgIpc) is 2.06. The average molecular weight is 151 g/mol. The van der Waals surface area contributed by atoms with Gasteiger partial charge in [0.2, 0.25) is 0 Å². The van der Waals surface area contributed by atoms with E-state index in [1.165, 1.54) is 0 Å². The molecule has 0 aliphatic heterocycles. The van der Waals surface area contributed by atoms with E-state index in [4.69, 9.17) is 4.74 Å². The molecule has 1 rings (SSSR count). The smallest absolute Gasteiger partial charge is 0.198 e. The lowest BCUT2D eigenvalue weighted by Crippen LogP contribution is -2.20. The second kappa shape index (κ2) is 2.96. The summed E-state index contributed by atoms with van der Waals surface area (Å²) in [5.74, 6) is 0. The zero-order chi connectivity index (χ0) is 8.32. The molecule has 0 fully saturated rings. The van der Waals surface area contributed by atoms with Crippen molar-refractivity contribution in [3.8, 4) is 0 Å². The van der Waals surface area contributed by atoms with Gasteiger partial charge in [-0.1, -0.05) is 0 Å². The molecule has 0 atom stereocenters. The molecule has 11 heavy (non-hydrogen) atoms. The summed E-state index contributed by atoms with van der Waals surface area (Å²) >= 11 is 0. The lowest BCUT2D eigenvalue weighted by atomic mass is 10.1. The fourth-order valence-corrected chi connectivity index (χ4v) is 0.701. The van der Waals surface area contributed by atoms with Gasteiger partial charge in [-0.2, -0.15) is 0 Å². The number of nitrogens with zero attached hydrogens (tertiary/aromatic N) is 2. The summed E-state index contributed by atoms with van der Waals surface area (Å²) in [5, 5.41) is 0. The number of methoxy groups -OCH3 is 1. The fourth-order valence-electron chi connectivity index (χ4n) is 0.701. The Morgan fingerprint density at radius 3 is 2.73 bits per heavy atom. The first-order valence-electron chi connectivity index (χ1n) is 3.41. The topological polar surface area (TPSA) is 35.0 Å². The van der Waals surface area contributed by atoms with E-state index in [1.54, 1.807) is 13.3 Å². The van der Waals surface area contributed by atoms with E-state index in [-0.39, 0.29) is 5.60 Å². The van der Waals surface area contributed by atoms with Gasteiger partial charge in [0, 0.05) is 13.3 Å². The van der Waals surface area contributed by atoms with Crippen LogP contribution in [0, 0.1) is 6.33 Å². The summed E-state index contributed by atoms with van der Waals surface area (Å²) in [6.45, 7) is 3.90. The molecule has 1 radical (unpaired) electrons. The van der Waals surface area contributed by atoms with Crippen molar-refractivity contribution in [1.29, 1.82) is 0 Å². The minimum absolute atomic E-state index is 0.348. The second-order valence-electron chi connectivity index (χ2n) is 2.76. The van der Waals surface area contributed by atoms with Crippen LogP contribution in [0.3, 0.4) is 0 Å². The molecule has 0 spiro atoms. The SMILES string of the molecule is COC(C)(C)c1ccn[c]n1. The summed E-state index contributed by atoms with van der Waals surface area (Å²) in [6.07, 6.45) is 4.18. The zero-order valence-electron chi connectivity index (χ0n) is 6.96. The first-order chi connectivity index (χ1) is 5.17. The van der Waals surface area contributed by atoms with Crippen molar-refractivity contribution < 1.29 is 4.74 Å². The van der Waals surface area contributed by atoms with Crippen molar-refractivity contribution in [1.82, 2.24) is 9.97 Å². The number of aromatic nitrogens is 2. The molecule has 1 aromatic heterocycles. The summed E-state index contributed by atoms with van der Waals surface area (Å²) in [6, 6.07) is 1.82. The van der Waals surface area contributed by atoms with Gasteiger partial charge in [0.15, 0.2) is 6.33 Å². The predicted octanol–water partition coefficient (Wildman–Crippen LogP) is 1.16. The molecule has 0 saturated heterocycles. The fraction of sp³-hybridized carbons (Fsp3) is 0.500. The largest absolute Gasteiger partial charge is 0.373 e. The van der Waals surface area contributed by atoms with Gasteiger partial charge in [0.25, 0.3) is 0 Å². The van der Waals surface area contributed by atoms with Crippen molar-refractivity contribution in [2.24, 2.45) is 0 Å². The van der Waals surface area contributed by atoms with Gasteiger partial charge in [-0.25, -0.2) is 9.97 Å². The number of hydrogen-bond donors (Lipinski definition) is 0. The normalized spacial score (nSPS) is 11.5. The summed E-state index contributed by atoms with van der Waals surface area (Å²) in [5.41, 5.74) is 0.495. The highest BCUT2D eigenvalue weighted by Crippen LogP contribution is 2.19. The maximum atomic E-state index is 5.21. The zero-order valence-corrected chi connectivity index (χ0v) is 6.96. The molecule has 1 aromatic rings. The van der Waals surface area contributed by atoms with Gasteiger partial charge in [-0.05, 0) is 19.9 Å². The van der Waals surface area contributed by atoms with Crippen LogP contribution in [0.2, 0.25) is 0 Å². The summed E-state index contributed by atoms with van der Waals surface area (Å²) in [7, 11) is 1.65. The second-order valence-corrected chi connectivity index (χ2v) is 2.76. The maximum absolute atomic E-state index is 5.21. The van der Waals surface area contributed by atoms with Crippen molar-refractivity contribution in [2.75, 3.05) is 7.11 Å². The van der Waals surface area contributed by atoms with Gasteiger partial charge in [-0.15, -0.1) is 0 Å². The summed E-state index contributed by atoms with van der Waals surface area (Å²) in [4.78, 5) is 7.66. The Bertz CT molecular complexity index is 221. The van der Waals surface area contributed by atoms with E-state index in [0.29, 0.717) is 0 Å². The Morgan fingerprint density at radius 2 is 2.27 bits per heavy atom. The molecule has 3 nitrogen and oxygen atoms in total. The monoisotopic (exact) mass is 151 g/mol. The summed E-state index contributed by atoms with van der Waals surface area (Å²) < 4.78 is 5.21. The maximum Gasteiger partial charge on any atom is 0.198 e. The predicted molar refractivity (Wildman–Crippen MR) is 40.9 cm³/mol. The van der Waals surface area contributed by atoms with Crippen molar-refractivity contribution >= 4 is 0 Å². The van der Waals surface area contributed by atoms with Crippen molar-refractivity contribution in [3.05, 3.63) is 24.3 Å². The lowest BCUT2D eigenvalue weighted by Gasteiger charge is -2.21. The third-order valence-electron chi connectivity index (χ3n) is 1.66. The molecule has 0 bridgehead atoms. The first kappa shape index (κ1) is 8.14. The van der Waals surface area contributed by atoms with Crippen LogP contribution >= 0.6 is 0 Å². The molecule has 0 aliphatic carbocycles. The molecular formula is C8H11N2O. The highest BCUT2D eigenvalue weighted by atomic mass is 16.5. The lowest BCUT2D eigenvalue weighted by molar-refractivity contribution is 0.0153. The quantitative estimate of drug-likeness (QED) is 0.636. The molecule has 0 amide bonds. The minimum Gasteiger partial charge on any atom is -0.373 e. The number of hydrogen-bond acceptors (Lipinski definition) is 3. The van der Waals surface area contributed by atoms with E-state index in [2.05, 4.69) is 16.3 Å². The van der Waals surface area contributed by atoms with Crippen LogP contribution in [0.1, 0.15) is 19.5 Å². The highest BCUT2D eigenvalue weighted by molar-refractivity contribution is 5.06. The number of rotatable bonds is 2. The Morgan fingerprint density at radius 1 is 1.55 bits per heavy atom. The molecule has 0 aromatic carbocycles. The van der Waals surface area contributed by atoms with Crippen LogP contribution in [0.15, 0.2) is 12.3 Å². The van der Waals surface area contributed by atoms with Gasteiger partial charge in [-0.3, -0.25) is 0 Å². The minimum atomic E-state index is -0.348. The van der Waals surface area contributed by atoms with Crippen LogP contribution in [0.5, 0.6) is 0 Å². The van der Waals surface area contributed by atoms with Crippen LogP contribution in [0.25, 0.3) is 0 Å². The van der Waals surface area contributed by atoms with Gasteiger partial charge in [0.1, 0.15) is 5.60 Å². The molecule has 0 N–H and O–H groups in total. The van der Waals surface area contributed by atoms with Crippen LogP contribution < -0.4 is 0 Å². The van der Waals surface area contributed by atoms with E-state index in [0.717, 1.165) is 5.69 Å². The standard InChI is InChI=1S/C8H11N2O/c1-8(2,11-3)7-4-5-9-6-10-7/h4-5H,1-3H3.